The van der Waals surface area contributed by atoms with Crippen molar-refractivity contribution in [3.05, 3.63) is 59.9 Å². The average molecular weight is 451 g/mol. The molecule has 0 spiro atoms. The van der Waals surface area contributed by atoms with Crippen LogP contribution in [-0.2, 0) is 16.1 Å². The third-order valence-corrected chi connectivity index (χ3v) is 5.81. The van der Waals surface area contributed by atoms with E-state index in [0.29, 0.717) is 17.1 Å². The molecule has 1 N–H and O–H groups in total. The number of hydrogen-bond acceptors (Lipinski definition) is 5. The van der Waals surface area contributed by atoms with Crippen LogP contribution in [0.3, 0.4) is 0 Å². The van der Waals surface area contributed by atoms with E-state index in [1.807, 2.05) is 31.2 Å². The summed E-state index contributed by atoms with van der Waals surface area (Å²) in [6.07, 6.45) is 5.36. The maximum Gasteiger partial charge on any atom is 0.251 e. The molecule has 1 fully saturated rings. The van der Waals surface area contributed by atoms with E-state index in [-0.39, 0.29) is 36.8 Å². The van der Waals surface area contributed by atoms with Gasteiger partial charge in [0.05, 0.1) is 0 Å². The second-order valence-electron chi connectivity index (χ2n) is 8.32. The van der Waals surface area contributed by atoms with Crippen molar-refractivity contribution in [2.24, 2.45) is 0 Å². The van der Waals surface area contributed by atoms with E-state index in [2.05, 4.69) is 20.7 Å². The first-order chi connectivity index (χ1) is 16.0. The van der Waals surface area contributed by atoms with E-state index in [1.165, 1.54) is 28.2 Å². The van der Waals surface area contributed by atoms with Crippen molar-refractivity contribution >= 4 is 17.5 Å². The third-order valence-electron chi connectivity index (χ3n) is 5.81. The molecule has 1 aliphatic rings. The third kappa shape index (κ3) is 5.79. The Morgan fingerprint density at radius 2 is 1.82 bits per heavy atom. The summed E-state index contributed by atoms with van der Waals surface area (Å²) in [5, 5.41) is 15.2. The first-order valence-corrected chi connectivity index (χ1v) is 11.2. The number of hydrogen-bond donors (Lipinski definition) is 1. The molecule has 1 aliphatic carbocycles. The van der Waals surface area contributed by atoms with Gasteiger partial charge in [-0.2, -0.15) is 4.80 Å². The van der Waals surface area contributed by atoms with Crippen LogP contribution < -0.4 is 10.2 Å². The van der Waals surface area contributed by atoms with Gasteiger partial charge >= 0.3 is 0 Å². The predicted molar refractivity (Wildman–Crippen MR) is 122 cm³/mol. The van der Waals surface area contributed by atoms with E-state index in [0.717, 1.165) is 31.2 Å². The van der Waals surface area contributed by atoms with Crippen LogP contribution in [0.5, 0.6) is 0 Å². The van der Waals surface area contributed by atoms with Gasteiger partial charge in [-0.3, -0.25) is 9.59 Å². The van der Waals surface area contributed by atoms with Crippen LogP contribution in [0.15, 0.2) is 48.5 Å². The summed E-state index contributed by atoms with van der Waals surface area (Å²) in [6, 6.07) is 13.3. The molecular formula is C24H27FN6O2. The fourth-order valence-corrected chi connectivity index (χ4v) is 4.07. The van der Waals surface area contributed by atoms with Crippen molar-refractivity contribution in [1.82, 2.24) is 25.5 Å². The predicted octanol–water partition coefficient (Wildman–Crippen LogP) is 3.27. The molecule has 1 heterocycles. The number of aromatic nitrogens is 4. The number of nitrogens with zero attached hydrogens (tertiary/aromatic N) is 5. The number of tetrazole rings is 1. The SMILES string of the molecule is Cc1ccccc1N(CC(=O)NC1CCCCC1)C(=O)Cn1nnc(-c2ccc(F)cc2)n1. The maximum absolute atomic E-state index is 13.3. The van der Waals surface area contributed by atoms with Crippen LogP contribution in [-0.4, -0.2) is 44.6 Å². The van der Waals surface area contributed by atoms with Gasteiger partial charge in [-0.05, 0) is 60.9 Å². The number of benzene rings is 2. The van der Waals surface area contributed by atoms with Crippen LogP contribution >= 0.6 is 0 Å². The monoisotopic (exact) mass is 450 g/mol. The second-order valence-corrected chi connectivity index (χ2v) is 8.32. The summed E-state index contributed by atoms with van der Waals surface area (Å²) in [7, 11) is 0. The summed E-state index contributed by atoms with van der Waals surface area (Å²) < 4.78 is 13.2. The van der Waals surface area contributed by atoms with Crippen molar-refractivity contribution in [3.63, 3.8) is 0 Å². The molecule has 33 heavy (non-hydrogen) atoms. The summed E-state index contributed by atoms with van der Waals surface area (Å²) in [5.74, 6) is -0.579. The van der Waals surface area contributed by atoms with Crippen LogP contribution in [0.2, 0.25) is 0 Å². The van der Waals surface area contributed by atoms with Gasteiger partial charge in [0.25, 0.3) is 5.91 Å². The van der Waals surface area contributed by atoms with Crippen molar-refractivity contribution in [2.75, 3.05) is 11.4 Å². The lowest BCUT2D eigenvalue weighted by molar-refractivity contribution is -0.124. The Morgan fingerprint density at radius 3 is 2.55 bits per heavy atom. The molecule has 0 saturated heterocycles. The van der Waals surface area contributed by atoms with Crippen molar-refractivity contribution in [3.8, 4) is 11.4 Å². The Balaban J connectivity index is 1.49. The van der Waals surface area contributed by atoms with Gasteiger partial charge < -0.3 is 10.2 Å². The molecule has 2 aromatic carbocycles. The Labute approximate surface area is 191 Å². The van der Waals surface area contributed by atoms with Gasteiger partial charge in [0.15, 0.2) is 0 Å². The Morgan fingerprint density at radius 1 is 1.09 bits per heavy atom. The first-order valence-electron chi connectivity index (χ1n) is 11.2. The molecule has 0 bridgehead atoms. The number of amides is 2. The summed E-state index contributed by atoms with van der Waals surface area (Å²) >= 11 is 0. The lowest BCUT2D eigenvalue weighted by atomic mass is 9.95. The van der Waals surface area contributed by atoms with Gasteiger partial charge in [0.2, 0.25) is 11.7 Å². The Hall–Kier alpha value is -3.62. The normalized spacial score (nSPS) is 14.1. The van der Waals surface area contributed by atoms with Crippen LogP contribution in [0.25, 0.3) is 11.4 Å². The minimum Gasteiger partial charge on any atom is -0.352 e. The zero-order chi connectivity index (χ0) is 23.2. The molecule has 2 amide bonds. The molecule has 9 heteroatoms. The zero-order valence-electron chi connectivity index (χ0n) is 18.6. The lowest BCUT2D eigenvalue weighted by Gasteiger charge is -2.27. The number of halogens is 1. The fraction of sp³-hybridized carbons (Fsp3) is 0.375. The molecule has 0 atom stereocenters. The number of nitrogens with one attached hydrogen (secondary N) is 1. The van der Waals surface area contributed by atoms with E-state index in [9.17, 15) is 14.0 Å². The zero-order valence-corrected chi connectivity index (χ0v) is 18.6. The number of aryl methyl sites for hydroxylation is 1. The number of anilines is 1. The Bertz CT molecular complexity index is 1110. The lowest BCUT2D eigenvalue weighted by Crippen LogP contribution is -2.46. The summed E-state index contributed by atoms with van der Waals surface area (Å²) in [6.45, 7) is 1.63. The second kappa shape index (κ2) is 10.3. The standard InChI is InChI=1S/C24H27FN6O2/c1-17-7-5-6-10-21(17)30(15-22(32)26-20-8-3-2-4-9-20)23(33)16-31-28-24(27-29-31)18-11-13-19(25)14-12-18/h5-7,10-14,20H,2-4,8-9,15-16H2,1H3,(H,26,32). The van der Waals surface area contributed by atoms with Gasteiger partial charge in [0, 0.05) is 17.3 Å². The highest BCUT2D eigenvalue weighted by Gasteiger charge is 2.24. The minimum atomic E-state index is -0.360. The molecule has 0 unspecified atom stereocenters. The quantitative estimate of drug-likeness (QED) is 0.596. The van der Waals surface area contributed by atoms with E-state index >= 15 is 0 Å². The van der Waals surface area contributed by atoms with Crippen molar-refractivity contribution in [2.45, 2.75) is 51.6 Å². The fourth-order valence-electron chi connectivity index (χ4n) is 4.07. The molecule has 172 valence electrons. The molecule has 3 aromatic rings. The highest BCUT2D eigenvalue weighted by Crippen LogP contribution is 2.21. The molecule has 0 radical (unpaired) electrons. The number of carbonyl (C=O) groups excluding carboxylic acids is 2. The highest BCUT2D eigenvalue weighted by molar-refractivity contribution is 5.99. The molecular weight excluding hydrogens is 423 g/mol. The van der Waals surface area contributed by atoms with Gasteiger partial charge in [0.1, 0.15) is 18.9 Å². The number of para-hydroxylation sites is 1. The van der Waals surface area contributed by atoms with E-state index < -0.39 is 0 Å². The van der Waals surface area contributed by atoms with Crippen molar-refractivity contribution in [1.29, 1.82) is 0 Å². The van der Waals surface area contributed by atoms with E-state index in [4.69, 9.17) is 0 Å². The molecule has 1 aromatic heterocycles. The highest BCUT2D eigenvalue weighted by atomic mass is 19.1. The van der Waals surface area contributed by atoms with Crippen LogP contribution in [0.1, 0.15) is 37.7 Å². The van der Waals surface area contributed by atoms with Gasteiger partial charge in [-0.25, -0.2) is 4.39 Å². The van der Waals surface area contributed by atoms with Gasteiger partial charge in [-0.15, -0.1) is 10.2 Å². The van der Waals surface area contributed by atoms with Crippen molar-refractivity contribution < 1.29 is 14.0 Å². The topological polar surface area (TPSA) is 93.0 Å². The summed E-state index contributed by atoms with van der Waals surface area (Å²) in [4.78, 5) is 28.7. The summed E-state index contributed by atoms with van der Waals surface area (Å²) in [5.41, 5.74) is 2.15. The van der Waals surface area contributed by atoms with E-state index in [1.54, 1.807) is 12.1 Å². The maximum atomic E-state index is 13.3. The molecule has 4 rings (SSSR count). The smallest absolute Gasteiger partial charge is 0.251 e. The Kier molecular flexibility index (Phi) is 7.07. The van der Waals surface area contributed by atoms with Crippen LogP contribution in [0.4, 0.5) is 10.1 Å². The number of rotatable bonds is 7. The molecule has 8 nitrogen and oxygen atoms in total. The number of carbonyl (C=O) groups is 2. The van der Waals surface area contributed by atoms with Crippen LogP contribution in [0, 0.1) is 12.7 Å². The molecule has 0 aliphatic heterocycles. The largest absolute Gasteiger partial charge is 0.352 e. The average Bonchev–Trinajstić information content (AvgIpc) is 3.27. The first kappa shape index (κ1) is 22.6. The molecule has 1 saturated carbocycles. The van der Waals surface area contributed by atoms with Gasteiger partial charge in [-0.1, -0.05) is 37.5 Å². The minimum absolute atomic E-state index is 0.0836.